The molecular formula is C16H16BrNO3. The van der Waals surface area contributed by atoms with E-state index in [1.807, 2.05) is 6.07 Å². The van der Waals surface area contributed by atoms with Gasteiger partial charge in [0.2, 0.25) is 6.79 Å². The summed E-state index contributed by atoms with van der Waals surface area (Å²) in [7, 11) is 0. The first-order valence-corrected chi connectivity index (χ1v) is 7.46. The normalized spacial score (nSPS) is 12.5. The molecule has 0 spiro atoms. The van der Waals surface area contributed by atoms with E-state index in [0.717, 1.165) is 15.7 Å². The van der Waals surface area contributed by atoms with Gasteiger partial charge in [-0.1, -0.05) is 15.9 Å². The lowest BCUT2D eigenvalue weighted by molar-refractivity contribution is 0.174. The summed E-state index contributed by atoms with van der Waals surface area (Å²) in [5.41, 5.74) is 4.14. The van der Waals surface area contributed by atoms with E-state index in [0.29, 0.717) is 18.0 Å². The minimum absolute atomic E-state index is 0.205. The summed E-state index contributed by atoms with van der Waals surface area (Å²) in [6.07, 6.45) is 0. The van der Waals surface area contributed by atoms with Crippen molar-refractivity contribution in [2.45, 2.75) is 20.4 Å². The number of anilines is 1. The molecule has 0 amide bonds. The Morgan fingerprint density at radius 2 is 1.71 bits per heavy atom. The van der Waals surface area contributed by atoms with E-state index in [1.165, 1.54) is 11.1 Å². The largest absolute Gasteiger partial charge is 0.507 e. The lowest BCUT2D eigenvalue weighted by atomic mass is 10.1. The topological polar surface area (TPSA) is 50.7 Å². The molecule has 0 atom stereocenters. The Hall–Kier alpha value is -1.88. The minimum Gasteiger partial charge on any atom is -0.507 e. The van der Waals surface area contributed by atoms with Gasteiger partial charge in [0.05, 0.1) is 0 Å². The molecular weight excluding hydrogens is 334 g/mol. The van der Waals surface area contributed by atoms with Crippen LogP contribution < -0.4 is 14.8 Å². The second-order valence-electron chi connectivity index (χ2n) is 5.11. The average molecular weight is 350 g/mol. The van der Waals surface area contributed by atoms with E-state index in [-0.39, 0.29) is 12.5 Å². The summed E-state index contributed by atoms with van der Waals surface area (Å²) in [5.74, 6) is 1.47. The van der Waals surface area contributed by atoms with Gasteiger partial charge in [0.15, 0.2) is 11.5 Å². The number of benzene rings is 2. The van der Waals surface area contributed by atoms with Crippen molar-refractivity contribution in [1.82, 2.24) is 0 Å². The number of halogens is 1. The van der Waals surface area contributed by atoms with Gasteiger partial charge in [0.25, 0.3) is 0 Å². The van der Waals surface area contributed by atoms with Crippen molar-refractivity contribution in [2.75, 3.05) is 12.1 Å². The molecule has 0 fully saturated rings. The van der Waals surface area contributed by atoms with Gasteiger partial charge in [0, 0.05) is 28.3 Å². The molecule has 3 rings (SSSR count). The van der Waals surface area contributed by atoms with E-state index in [2.05, 4.69) is 47.2 Å². The number of hydrogen-bond acceptors (Lipinski definition) is 4. The quantitative estimate of drug-likeness (QED) is 0.875. The van der Waals surface area contributed by atoms with Gasteiger partial charge in [-0.2, -0.15) is 0 Å². The van der Waals surface area contributed by atoms with Crippen LogP contribution in [0.4, 0.5) is 5.69 Å². The fourth-order valence-corrected chi connectivity index (χ4v) is 2.59. The maximum absolute atomic E-state index is 10.0. The summed E-state index contributed by atoms with van der Waals surface area (Å²) in [6, 6.07) is 7.54. The first-order valence-electron chi connectivity index (χ1n) is 6.66. The van der Waals surface area contributed by atoms with E-state index < -0.39 is 0 Å². The average Bonchev–Trinajstić information content (AvgIpc) is 2.89. The summed E-state index contributed by atoms with van der Waals surface area (Å²) in [5, 5.41) is 13.3. The monoisotopic (exact) mass is 349 g/mol. The van der Waals surface area contributed by atoms with Crippen LogP contribution in [-0.2, 0) is 6.54 Å². The van der Waals surface area contributed by atoms with Crippen LogP contribution in [0.2, 0.25) is 0 Å². The molecule has 0 bridgehead atoms. The highest BCUT2D eigenvalue weighted by molar-refractivity contribution is 9.10. The van der Waals surface area contributed by atoms with Crippen LogP contribution in [0.5, 0.6) is 17.2 Å². The lowest BCUT2D eigenvalue weighted by Crippen LogP contribution is -2.01. The van der Waals surface area contributed by atoms with Gasteiger partial charge in [-0.15, -0.1) is 0 Å². The van der Waals surface area contributed by atoms with Crippen molar-refractivity contribution < 1.29 is 14.6 Å². The number of nitrogens with one attached hydrogen (secondary N) is 1. The smallest absolute Gasteiger partial charge is 0.231 e. The lowest BCUT2D eigenvalue weighted by Gasteiger charge is -2.12. The summed E-state index contributed by atoms with van der Waals surface area (Å²) >= 11 is 3.56. The molecule has 1 aliphatic heterocycles. The second kappa shape index (κ2) is 5.48. The molecule has 2 aromatic rings. The standard InChI is InChI=1S/C16H16BrNO3/c1-9-3-12(4-10(2)16(9)17)18-7-11-5-14-15(6-13(11)19)21-8-20-14/h3-6,18-19H,7-8H2,1-2H3. The fourth-order valence-electron chi connectivity index (χ4n) is 2.36. The number of phenols is 1. The highest BCUT2D eigenvalue weighted by Gasteiger charge is 2.16. The van der Waals surface area contributed by atoms with Crippen molar-refractivity contribution in [3.8, 4) is 17.2 Å². The van der Waals surface area contributed by atoms with Crippen molar-refractivity contribution in [3.05, 3.63) is 45.4 Å². The van der Waals surface area contributed by atoms with Gasteiger partial charge in [0.1, 0.15) is 5.75 Å². The molecule has 0 aliphatic carbocycles. The molecule has 2 N–H and O–H groups in total. The summed E-state index contributed by atoms with van der Waals surface area (Å²) in [4.78, 5) is 0. The van der Waals surface area contributed by atoms with E-state index in [1.54, 1.807) is 6.07 Å². The Morgan fingerprint density at radius 1 is 1.10 bits per heavy atom. The zero-order valence-corrected chi connectivity index (χ0v) is 13.5. The molecule has 0 unspecified atom stereocenters. The first kappa shape index (κ1) is 14.1. The highest BCUT2D eigenvalue weighted by atomic mass is 79.9. The van der Waals surface area contributed by atoms with Crippen molar-refractivity contribution >= 4 is 21.6 Å². The predicted octanol–water partition coefficient (Wildman–Crippen LogP) is 4.11. The number of aromatic hydroxyl groups is 1. The van der Waals surface area contributed by atoms with E-state index in [4.69, 9.17) is 9.47 Å². The van der Waals surface area contributed by atoms with Crippen LogP contribution in [0.3, 0.4) is 0 Å². The number of fused-ring (bicyclic) bond motifs is 1. The van der Waals surface area contributed by atoms with Gasteiger partial charge in [-0.05, 0) is 43.2 Å². The van der Waals surface area contributed by atoms with Crippen molar-refractivity contribution in [2.24, 2.45) is 0 Å². The van der Waals surface area contributed by atoms with Crippen LogP contribution in [0, 0.1) is 13.8 Å². The Morgan fingerprint density at radius 3 is 2.38 bits per heavy atom. The number of phenolic OH excluding ortho intramolecular Hbond substituents is 1. The molecule has 0 saturated heterocycles. The molecule has 0 radical (unpaired) electrons. The summed E-state index contributed by atoms with van der Waals surface area (Å²) < 4.78 is 11.7. The second-order valence-corrected chi connectivity index (χ2v) is 5.90. The van der Waals surface area contributed by atoms with Gasteiger partial charge in [-0.25, -0.2) is 0 Å². The van der Waals surface area contributed by atoms with Crippen LogP contribution in [-0.4, -0.2) is 11.9 Å². The Labute approximate surface area is 131 Å². The zero-order chi connectivity index (χ0) is 15.0. The molecule has 1 aliphatic rings. The molecule has 4 nitrogen and oxygen atoms in total. The molecule has 21 heavy (non-hydrogen) atoms. The van der Waals surface area contributed by atoms with Gasteiger partial charge in [-0.3, -0.25) is 0 Å². The molecule has 110 valence electrons. The third kappa shape index (κ3) is 2.78. The third-order valence-electron chi connectivity index (χ3n) is 3.49. The number of ether oxygens (including phenoxy) is 2. The molecule has 2 aromatic carbocycles. The van der Waals surface area contributed by atoms with Crippen LogP contribution >= 0.6 is 15.9 Å². The van der Waals surface area contributed by atoms with Crippen LogP contribution in [0.15, 0.2) is 28.7 Å². The number of rotatable bonds is 3. The van der Waals surface area contributed by atoms with E-state index in [9.17, 15) is 5.11 Å². The van der Waals surface area contributed by atoms with Crippen molar-refractivity contribution in [1.29, 1.82) is 0 Å². The van der Waals surface area contributed by atoms with Gasteiger partial charge < -0.3 is 19.9 Å². The summed E-state index contributed by atoms with van der Waals surface area (Å²) in [6.45, 7) is 4.83. The van der Waals surface area contributed by atoms with Gasteiger partial charge >= 0.3 is 0 Å². The number of hydrogen-bond donors (Lipinski definition) is 2. The molecule has 0 aromatic heterocycles. The maximum Gasteiger partial charge on any atom is 0.231 e. The van der Waals surface area contributed by atoms with E-state index >= 15 is 0 Å². The maximum atomic E-state index is 10.0. The van der Waals surface area contributed by atoms with Crippen LogP contribution in [0.1, 0.15) is 16.7 Å². The third-order valence-corrected chi connectivity index (χ3v) is 4.74. The molecule has 0 saturated carbocycles. The first-order chi connectivity index (χ1) is 10.0. The highest BCUT2D eigenvalue weighted by Crippen LogP contribution is 2.37. The predicted molar refractivity (Wildman–Crippen MR) is 85.2 cm³/mol. The Bertz CT molecular complexity index is 677. The van der Waals surface area contributed by atoms with Crippen molar-refractivity contribution in [3.63, 3.8) is 0 Å². The fraction of sp³-hybridized carbons (Fsp3) is 0.250. The Kier molecular flexibility index (Phi) is 3.68. The zero-order valence-electron chi connectivity index (χ0n) is 11.9. The number of aryl methyl sites for hydroxylation is 2. The SMILES string of the molecule is Cc1cc(NCc2cc3c(cc2O)OCO3)cc(C)c1Br. The molecule has 5 heteroatoms. The minimum atomic E-state index is 0.205. The van der Waals surface area contributed by atoms with Crippen LogP contribution in [0.25, 0.3) is 0 Å². The molecule has 1 heterocycles. The Balaban J connectivity index is 1.79.